The first-order valence-electron chi connectivity index (χ1n) is 10.3. The predicted octanol–water partition coefficient (Wildman–Crippen LogP) is 2.84. The van der Waals surface area contributed by atoms with E-state index in [0.717, 1.165) is 11.3 Å². The lowest BCUT2D eigenvalue weighted by Crippen LogP contribution is -2.13. The number of nitrogens with one attached hydrogen (secondary N) is 1. The molecule has 5 N–H and O–H groups in total. The molecule has 3 aromatic heterocycles. The average molecular weight is 464 g/mol. The summed E-state index contributed by atoms with van der Waals surface area (Å²) >= 11 is 0. The second-order valence-corrected chi connectivity index (χ2v) is 7.52. The minimum absolute atomic E-state index is 0.124. The van der Waals surface area contributed by atoms with Crippen LogP contribution in [0.3, 0.4) is 0 Å². The fourth-order valence-corrected chi connectivity index (χ4v) is 3.72. The van der Waals surface area contributed by atoms with E-state index in [2.05, 4.69) is 15.3 Å². The Kier molecular flexibility index (Phi) is 6.04. The molecule has 0 bridgehead atoms. The van der Waals surface area contributed by atoms with Crippen molar-refractivity contribution in [1.82, 2.24) is 19.4 Å². The molecule has 4 aromatic rings. The summed E-state index contributed by atoms with van der Waals surface area (Å²) in [6, 6.07) is 8.85. The first-order valence-corrected chi connectivity index (χ1v) is 10.3. The van der Waals surface area contributed by atoms with Crippen molar-refractivity contribution >= 4 is 28.9 Å². The SMILES string of the molecule is COc1ccc(-c2cc3nc(C)cn3c(NCCc3cc(N)nc(N)c3[N+](=O)[O-])n2)cc1OC. The van der Waals surface area contributed by atoms with Gasteiger partial charge in [0.05, 0.1) is 30.5 Å². The van der Waals surface area contributed by atoms with Crippen LogP contribution in [0.2, 0.25) is 0 Å². The molecule has 1 aromatic carbocycles. The lowest BCUT2D eigenvalue weighted by Gasteiger charge is -2.13. The van der Waals surface area contributed by atoms with Gasteiger partial charge in [-0.25, -0.2) is 15.0 Å². The normalized spacial score (nSPS) is 10.9. The summed E-state index contributed by atoms with van der Waals surface area (Å²) in [5.41, 5.74) is 14.6. The number of nitrogens with zero attached hydrogens (tertiary/aromatic N) is 5. The molecule has 4 rings (SSSR count). The standard InChI is InChI=1S/C22H24N8O4/c1-12-11-29-19(26-12)10-15(13-4-5-16(33-2)17(8-13)34-3)27-22(29)25-7-6-14-9-18(23)28-21(24)20(14)30(31)32/h4-5,8-11H,6-7H2,1-3H3,(H,25,27)(H4,23,24,28). The number of aromatic nitrogens is 4. The van der Waals surface area contributed by atoms with Crippen LogP contribution in [0.25, 0.3) is 16.9 Å². The van der Waals surface area contributed by atoms with Crippen LogP contribution in [0.1, 0.15) is 11.3 Å². The summed E-state index contributed by atoms with van der Waals surface area (Å²) in [6.45, 7) is 2.22. The van der Waals surface area contributed by atoms with Crippen LogP contribution in [0.15, 0.2) is 36.5 Å². The summed E-state index contributed by atoms with van der Waals surface area (Å²) in [6.07, 6.45) is 2.14. The van der Waals surface area contributed by atoms with Gasteiger partial charge in [-0.2, -0.15) is 0 Å². The number of benzene rings is 1. The largest absolute Gasteiger partial charge is 0.493 e. The Morgan fingerprint density at radius 1 is 1.09 bits per heavy atom. The van der Waals surface area contributed by atoms with Gasteiger partial charge in [-0.1, -0.05) is 0 Å². The van der Waals surface area contributed by atoms with Crippen LogP contribution >= 0.6 is 0 Å². The molecule has 0 unspecified atom stereocenters. The van der Waals surface area contributed by atoms with E-state index in [-0.39, 0.29) is 23.7 Å². The monoisotopic (exact) mass is 464 g/mol. The molecule has 0 aliphatic carbocycles. The highest BCUT2D eigenvalue weighted by Gasteiger charge is 2.20. The van der Waals surface area contributed by atoms with E-state index in [0.29, 0.717) is 40.9 Å². The lowest BCUT2D eigenvalue weighted by molar-refractivity contribution is -0.384. The quantitative estimate of drug-likeness (QED) is 0.260. The molecule has 12 heteroatoms. The molecule has 0 atom stereocenters. The van der Waals surface area contributed by atoms with E-state index >= 15 is 0 Å². The molecule has 0 aliphatic rings. The van der Waals surface area contributed by atoms with Gasteiger partial charge in [-0.3, -0.25) is 14.5 Å². The number of rotatable bonds is 8. The fraction of sp³-hybridized carbons (Fsp3) is 0.227. The van der Waals surface area contributed by atoms with Gasteiger partial charge in [0.2, 0.25) is 11.8 Å². The zero-order chi connectivity index (χ0) is 24.4. The van der Waals surface area contributed by atoms with E-state index in [4.69, 9.17) is 25.9 Å². The van der Waals surface area contributed by atoms with Gasteiger partial charge < -0.3 is 26.3 Å². The van der Waals surface area contributed by atoms with Crippen molar-refractivity contribution in [3.05, 3.63) is 57.9 Å². The average Bonchev–Trinajstić information content (AvgIpc) is 3.18. The van der Waals surface area contributed by atoms with E-state index in [1.165, 1.54) is 6.07 Å². The first-order chi connectivity index (χ1) is 16.3. The number of aryl methyl sites for hydroxylation is 1. The van der Waals surface area contributed by atoms with E-state index in [9.17, 15) is 10.1 Å². The molecule has 0 spiro atoms. The van der Waals surface area contributed by atoms with Crippen molar-refractivity contribution in [1.29, 1.82) is 0 Å². The Balaban J connectivity index is 1.67. The summed E-state index contributed by atoms with van der Waals surface area (Å²) in [4.78, 5) is 24.0. The van der Waals surface area contributed by atoms with Crippen LogP contribution in [-0.2, 0) is 6.42 Å². The topological polar surface area (TPSA) is 169 Å². The molecule has 0 amide bonds. The van der Waals surface area contributed by atoms with Gasteiger partial charge in [0.1, 0.15) is 11.5 Å². The number of methoxy groups -OCH3 is 2. The fourth-order valence-electron chi connectivity index (χ4n) is 3.72. The van der Waals surface area contributed by atoms with Crippen molar-refractivity contribution in [2.45, 2.75) is 13.3 Å². The number of nitrogens with two attached hydrogens (primary N) is 2. The summed E-state index contributed by atoms with van der Waals surface area (Å²) in [5, 5.41) is 14.7. The molecule has 0 saturated carbocycles. The van der Waals surface area contributed by atoms with Crippen LogP contribution in [0.5, 0.6) is 11.5 Å². The number of imidazole rings is 1. The third-order valence-electron chi connectivity index (χ3n) is 5.23. The number of nitro groups is 1. The zero-order valence-electron chi connectivity index (χ0n) is 18.9. The number of hydrogen-bond donors (Lipinski definition) is 3. The molecule has 0 aliphatic heterocycles. The van der Waals surface area contributed by atoms with Crippen LogP contribution in [0, 0.1) is 17.0 Å². The predicted molar refractivity (Wildman–Crippen MR) is 128 cm³/mol. The van der Waals surface area contributed by atoms with Crippen LogP contribution < -0.4 is 26.3 Å². The second-order valence-electron chi connectivity index (χ2n) is 7.52. The molecule has 0 fully saturated rings. The van der Waals surface area contributed by atoms with E-state index < -0.39 is 4.92 Å². The maximum atomic E-state index is 11.4. The Labute approximate surface area is 194 Å². The Hall–Kier alpha value is -4.61. The number of anilines is 3. The molecular weight excluding hydrogens is 440 g/mol. The number of pyridine rings is 1. The minimum Gasteiger partial charge on any atom is -0.493 e. The van der Waals surface area contributed by atoms with Crippen LogP contribution in [-0.4, -0.2) is 45.0 Å². The molecule has 176 valence electrons. The minimum atomic E-state index is -0.551. The smallest absolute Gasteiger partial charge is 0.314 e. The van der Waals surface area contributed by atoms with Crippen molar-refractivity contribution in [2.75, 3.05) is 37.5 Å². The van der Waals surface area contributed by atoms with Gasteiger partial charge >= 0.3 is 5.69 Å². The number of nitrogen functional groups attached to an aromatic ring is 2. The van der Waals surface area contributed by atoms with Crippen LogP contribution in [0.4, 0.5) is 23.3 Å². The summed E-state index contributed by atoms with van der Waals surface area (Å²) in [5.74, 6) is 1.64. The summed E-state index contributed by atoms with van der Waals surface area (Å²) < 4.78 is 12.6. The van der Waals surface area contributed by atoms with Crippen molar-refractivity contribution < 1.29 is 14.4 Å². The molecule has 12 nitrogen and oxygen atoms in total. The molecule has 0 radical (unpaired) electrons. The highest BCUT2D eigenvalue weighted by atomic mass is 16.6. The maximum Gasteiger partial charge on any atom is 0.314 e. The highest BCUT2D eigenvalue weighted by molar-refractivity contribution is 5.69. The summed E-state index contributed by atoms with van der Waals surface area (Å²) in [7, 11) is 3.15. The molecule has 34 heavy (non-hydrogen) atoms. The molecule has 3 heterocycles. The van der Waals surface area contributed by atoms with Gasteiger partial charge in [-0.05, 0) is 37.6 Å². The lowest BCUT2D eigenvalue weighted by atomic mass is 10.1. The molecular formula is C22H24N8O4. The number of fused-ring (bicyclic) bond motifs is 1. The highest BCUT2D eigenvalue weighted by Crippen LogP contribution is 2.32. The Morgan fingerprint density at radius 3 is 2.56 bits per heavy atom. The number of ether oxygens (including phenoxy) is 2. The van der Waals surface area contributed by atoms with Gasteiger partial charge in [0.25, 0.3) is 0 Å². The number of hydrogen-bond acceptors (Lipinski definition) is 10. The van der Waals surface area contributed by atoms with Gasteiger partial charge in [0, 0.05) is 29.9 Å². The van der Waals surface area contributed by atoms with Gasteiger partial charge in [-0.15, -0.1) is 0 Å². The third kappa shape index (κ3) is 4.33. The van der Waals surface area contributed by atoms with E-state index in [1.54, 1.807) is 20.3 Å². The van der Waals surface area contributed by atoms with Gasteiger partial charge in [0.15, 0.2) is 11.5 Å². The zero-order valence-corrected chi connectivity index (χ0v) is 18.9. The third-order valence-corrected chi connectivity index (χ3v) is 5.23. The van der Waals surface area contributed by atoms with Crippen molar-refractivity contribution in [3.63, 3.8) is 0 Å². The van der Waals surface area contributed by atoms with E-state index in [1.807, 2.05) is 35.7 Å². The second kappa shape index (κ2) is 9.10. The Morgan fingerprint density at radius 2 is 1.85 bits per heavy atom. The Bertz CT molecular complexity index is 1390. The van der Waals surface area contributed by atoms with Crippen molar-refractivity contribution in [3.8, 4) is 22.8 Å². The first kappa shape index (κ1) is 22.6. The molecule has 0 saturated heterocycles. The van der Waals surface area contributed by atoms with Crippen molar-refractivity contribution in [2.24, 2.45) is 0 Å². The maximum absolute atomic E-state index is 11.4.